The van der Waals surface area contributed by atoms with E-state index in [1.165, 1.54) is 5.56 Å². The first-order valence-corrected chi connectivity index (χ1v) is 5.56. The van der Waals surface area contributed by atoms with Gasteiger partial charge in [0.2, 0.25) is 0 Å². The van der Waals surface area contributed by atoms with Gasteiger partial charge < -0.3 is 0 Å². The van der Waals surface area contributed by atoms with Crippen molar-refractivity contribution in [3.8, 4) is 6.07 Å². The Balaban J connectivity index is 2.62. The average Bonchev–Trinajstić information content (AvgIpc) is 2.24. The van der Waals surface area contributed by atoms with Gasteiger partial charge in [-0.1, -0.05) is 31.2 Å². The molecule has 0 aliphatic rings. The molecule has 1 radical (unpaired) electrons. The third-order valence-electron chi connectivity index (χ3n) is 2.76. The molecule has 1 nitrogen and oxygen atoms in total. The van der Waals surface area contributed by atoms with Crippen molar-refractivity contribution < 1.29 is 0 Å². The van der Waals surface area contributed by atoms with Gasteiger partial charge in [-0.3, -0.25) is 0 Å². The minimum Gasteiger partial charge on any atom is -0.198 e. The highest BCUT2D eigenvalue weighted by Gasteiger charge is 2.08. The van der Waals surface area contributed by atoms with Gasteiger partial charge in [0.1, 0.15) is 0 Å². The molecule has 1 unspecified atom stereocenters. The van der Waals surface area contributed by atoms with Crippen LogP contribution in [0.4, 0.5) is 0 Å². The van der Waals surface area contributed by atoms with Crippen LogP contribution in [0.1, 0.15) is 49.7 Å². The molecule has 0 aromatic heterocycles. The van der Waals surface area contributed by atoms with Crippen LogP contribution in [0.3, 0.4) is 0 Å². The lowest BCUT2D eigenvalue weighted by molar-refractivity contribution is 0.581. The van der Waals surface area contributed by atoms with Gasteiger partial charge >= 0.3 is 0 Å². The van der Waals surface area contributed by atoms with Crippen LogP contribution < -0.4 is 0 Å². The Kier molecular flexibility index (Phi) is 4.90. The van der Waals surface area contributed by atoms with Crippen molar-refractivity contribution in [3.05, 3.63) is 42.3 Å². The third kappa shape index (κ3) is 3.75. The summed E-state index contributed by atoms with van der Waals surface area (Å²) in [5, 5.41) is 8.51. The van der Waals surface area contributed by atoms with E-state index in [9.17, 15) is 0 Å². The predicted molar refractivity (Wildman–Crippen MR) is 63.4 cm³/mol. The van der Waals surface area contributed by atoms with Crippen LogP contribution in [0.5, 0.6) is 0 Å². The molecule has 0 amide bonds. The van der Waals surface area contributed by atoms with Gasteiger partial charge in [-0.25, -0.2) is 0 Å². The van der Waals surface area contributed by atoms with Crippen LogP contribution in [0.2, 0.25) is 0 Å². The second kappa shape index (κ2) is 6.24. The number of nitriles is 1. The van der Waals surface area contributed by atoms with Crippen molar-refractivity contribution in [1.29, 1.82) is 5.26 Å². The fraction of sp³-hybridized carbons (Fsp3) is 0.429. The topological polar surface area (TPSA) is 23.8 Å². The predicted octanol–water partition coefficient (Wildman–Crippen LogP) is 4.06. The van der Waals surface area contributed by atoms with E-state index in [0.29, 0.717) is 12.3 Å². The van der Waals surface area contributed by atoms with Crippen molar-refractivity contribution in [1.82, 2.24) is 0 Å². The molecule has 1 heteroatoms. The number of benzene rings is 1. The number of hydrogen-bond acceptors (Lipinski definition) is 1. The highest BCUT2D eigenvalue weighted by atomic mass is 14.2. The van der Waals surface area contributed by atoms with E-state index in [2.05, 4.69) is 38.1 Å². The van der Waals surface area contributed by atoms with E-state index in [-0.39, 0.29) is 0 Å². The average molecular weight is 200 g/mol. The first-order valence-electron chi connectivity index (χ1n) is 5.56. The molecule has 1 rings (SSSR count). The van der Waals surface area contributed by atoms with Crippen LogP contribution >= 0.6 is 0 Å². The van der Waals surface area contributed by atoms with Crippen molar-refractivity contribution in [2.45, 2.75) is 38.5 Å². The van der Waals surface area contributed by atoms with Gasteiger partial charge in [0.05, 0.1) is 6.07 Å². The first-order chi connectivity index (χ1) is 7.27. The molecule has 0 N–H and O–H groups in total. The summed E-state index contributed by atoms with van der Waals surface area (Å²) in [6, 6.07) is 10.6. The lowest BCUT2D eigenvalue weighted by atomic mass is 9.90. The molecule has 0 aliphatic carbocycles. The number of unbranched alkanes of at least 4 members (excludes halogenated alkanes) is 1. The minimum atomic E-state index is 0.583. The zero-order valence-corrected chi connectivity index (χ0v) is 9.37. The second-order valence-electron chi connectivity index (χ2n) is 3.90. The number of rotatable bonds is 5. The van der Waals surface area contributed by atoms with Crippen molar-refractivity contribution >= 4 is 0 Å². The molecule has 1 aromatic rings. The van der Waals surface area contributed by atoms with Crippen LogP contribution in [0, 0.1) is 18.3 Å². The standard InChI is InChI=1S/C14H18N/c1-3-13(8-4-5-10-15)14-9-6-7-12(2)11-14/h6-7,9,11,13H,2-5,8H2,1H3. The fourth-order valence-corrected chi connectivity index (χ4v) is 1.88. The second-order valence-corrected chi connectivity index (χ2v) is 3.90. The van der Waals surface area contributed by atoms with E-state index in [1.807, 2.05) is 6.07 Å². The van der Waals surface area contributed by atoms with Crippen LogP contribution in [0.15, 0.2) is 24.3 Å². The van der Waals surface area contributed by atoms with Gasteiger partial charge in [0.25, 0.3) is 0 Å². The monoisotopic (exact) mass is 200 g/mol. The highest BCUT2D eigenvalue weighted by molar-refractivity contribution is 5.27. The summed E-state index contributed by atoms with van der Waals surface area (Å²) in [5.74, 6) is 0.583. The molecule has 0 saturated carbocycles. The summed E-state index contributed by atoms with van der Waals surface area (Å²) in [4.78, 5) is 0. The van der Waals surface area contributed by atoms with Crippen molar-refractivity contribution in [3.63, 3.8) is 0 Å². The Hall–Kier alpha value is -1.29. The summed E-state index contributed by atoms with van der Waals surface area (Å²) in [7, 11) is 0. The lowest BCUT2D eigenvalue weighted by Crippen LogP contribution is -1.97. The molecule has 0 bridgehead atoms. The van der Waals surface area contributed by atoms with Crippen molar-refractivity contribution in [2.75, 3.05) is 0 Å². The maximum absolute atomic E-state index is 8.51. The molecule has 1 aromatic carbocycles. The Bertz CT molecular complexity index is 335. The van der Waals surface area contributed by atoms with Crippen LogP contribution in [-0.4, -0.2) is 0 Å². The Labute approximate surface area is 92.7 Å². The molecule has 79 valence electrons. The third-order valence-corrected chi connectivity index (χ3v) is 2.76. The summed E-state index contributed by atoms with van der Waals surface area (Å²) in [6.45, 7) is 6.14. The van der Waals surface area contributed by atoms with Crippen LogP contribution in [-0.2, 0) is 0 Å². The summed E-state index contributed by atoms with van der Waals surface area (Å²) >= 11 is 0. The Morgan fingerprint density at radius 2 is 2.27 bits per heavy atom. The van der Waals surface area contributed by atoms with Gasteiger partial charge in [-0.15, -0.1) is 0 Å². The summed E-state index contributed by atoms with van der Waals surface area (Å²) < 4.78 is 0. The Morgan fingerprint density at radius 1 is 1.47 bits per heavy atom. The lowest BCUT2D eigenvalue weighted by Gasteiger charge is -2.14. The smallest absolute Gasteiger partial charge is 0.0621 e. The largest absolute Gasteiger partial charge is 0.198 e. The molecule has 0 heterocycles. The van der Waals surface area contributed by atoms with E-state index < -0.39 is 0 Å². The SMILES string of the molecule is [CH2]c1cccc(C(CC)CCCC#N)c1. The highest BCUT2D eigenvalue weighted by Crippen LogP contribution is 2.25. The molecule has 0 saturated heterocycles. The maximum Gasteiger partial charge on any atom is 0.0621 e. The zero-order chi connectivity index (χ0) is 11.1. The van der Waals surface area contributed by atoms with Gasteiger partial charge in [0.15, 0.2) is 0 Å². The minimum absolute atomic E-state index is 0.583. The van der Waals surface area contributed by atoms with E-state index in [0.717, 1.165) is 24.8 Å². The Morgan fingerprint density at radius 3 is 2.87 bits per heavy atom. The van der Waals surface area contributed by atoms with E-state index in [4.69, 9.17) is 5.26 Å². The zero-order valence-electron chi connectivity index (χ0n) is 9.37. The summed E-state index contributed by atoms with van der Waals surface area (Å²) in [5.41, 5.74) is 2.44. The van der Waals surface area contributed by atoms with Gasteiger partial charge in [0, 0.05) is 6.42 Å². The van der Waals surface area contributed by atoms with Crippen molar-refractivity contribution in [2.24, 2.45) is 0 Å². The maximum atomic E-state index is 8.51. The first kappa shape index (κ1) is 11.8. The molecule has 0 aliphatic heterocycles. The number of hydrogen-bond donors (Lipinski definition) is 0. The fourth-order valence-electron chi connectivity index (χ4n) is 1.88. The van der Waals surface area contributed by atoms with Gasteiger partial charge in [-0.2, -0.15) is 5.26 Å². The van der Waals surface area contributed by atoms with Crippen LogP contribution in [0.25, 0.3) is 0 Å². The molecular weight excluding hydrogens is 182 g/mol. The number of nitrogens with zero attached hydrogens (tertiary/aromatic N) is 1. The quantitative estimate of drug-likeness (QED) is 0.658. The van der Waals surface area contributed by atoms with E-state index >= 15 is 0 Å². The van der Waals surface area contributed by atoms with E-state index in [1.54, 1.807) is 0 Å². The molecule has 1 atom stereocenters. The molecule has 15 heavy (non-hydrogen) atoms. The normalized spacial score (nSPS) is 12.1. The molecule has 0 fully saturated rings. The molecule has 0 spiro atoms. The molecular formula is C14H18N. The van der Waals surface area contributed by atoms with Gasteiger partial charge in [-0.05, 0) is 43.2 Å². The summed E-state index contributed by atoms with van der Waals surface area (Å²) in [6.07, 6.45) is 3.90.